The summed E-state index contributed by atoms with van der Waals surface area (Å²) in [5, 5.41) is 16.0. The van der Waals surface area contributed by atoms with Gasteiger partial charge in [0.15, 0.2) is 0 Å². The first-order valence-corrected chi connectivity index (χ1v) is 6.29. The minimum Gasteiger partial charge on any atom is -0.478 e. The highest BCUT2D eigenvalue weighted by atomic mass is 32.1. The van der Waals surface area contributed by atoms with Gasteiger partial charge in [-0.15, -0.1) is 11.3 Å². The predicted molar refractivity (Wildman–Crippen MR) is 71.4 cm³/mol. The number of anilines is 1. The number of nitrogens with one attached hydrogen (secondary N) is 2. The van der Waals surface area contributed by atoms with E-state index in [1.54, 1.807) is 29.9 Å². The molecular formula is C12H11N3O3S. The average Bonchev–Trinajstić information content (AvgIpc) is 2.86. The van der Waals surface area contributed by atoms with Crippen LogP contribution in [-0.4, -0.2) is 22.1 Å². The molecule has 0 saturated heterocycles. The molecular weight excluding hydrogens is 266 g/mol. The van der Waals surface area contributed by atoms with Gasteiger partial charge in [0, 0.05) is 18.9 Å². The van der Waals surface area contributed by atoms with Gasteiger partial charge in [-0.3, -0.25) is 10.3 Å². The van der Waals surface area contributed by atoms with Crippen molar-refractivity contribution in [3.8, 4) is 0 Å². The number of hydrogen-bond acceptors (Lipinski definition) is 4. The first kappa shape index (κ1) is 13.0. The lowest BCUT2D eigenvalue weighted by atomic mass is 10.3. The Hall–Kier alpha value is -2.41. The van der Waals surface area contributed by atoms with Crippen molar-refractivity contribution in [3.05, 3.63) is 47.1 Å². The highest BCUT2D eigenvalue weighted by Gasteiger charge is 2.13. The molecule has 2 aromatic rings. The first-order valence-electron chi connectivity index (χ1n) is 5.41. The van der Waals surface area contributed by atoms with Crippen molar-refractivity contribution in [1.82, 2.24) is 10.3 Å². The number of aromatic carboxylic acids is 1. The number of hydrogen-bond donors (Lipinski definition) is 3. The number of carboxylic acid groups (broad SMARTS) is 1. The summed E-state index contributed by atoms with van der Waals surface area (Å²) in [6.07, 6.45) is 3.27. The second kappa shape index (κ2) is 5.96. The third-order valence-electron chi connectivity index (χ3n) is 2.33. The second-order valence-electron chi connectivity index (χ2n) is 3.63. The SMILES string of the molecule is O=C(NCc1ccncc1)Nc1sccc1C(=O)O. The Morgan fingerprint density at radius 2 is 2.00 bits per heavy atom. The molecule has 6 nitrogen and oxygen atoms in total. The monoisotopic (exact) mass is 277 g/mol. The molecule has 7 heteroatoms. The van der Waals surface area contributed by atoms with Crippen molar-refractivity contribution >= 4 is 28.3 Å². The fourth-order valence-electron chi connectivity index (χ4n) is 1.40. The van der Waals surface area contributed by atoms with E-state index in [1.165, 1.54) is 17.4 Å². The van der Waals surface area contributed by atoms with Crippen molar-refractivity contribution in [1.29, 1.82) is 0 Å². The molecule has 0 spiro atoms. The Labute approximate surface area is 113 Å². The van der Waals surface area contributed by atoms with Gasteiger partial charge < -0.3 is 10.4 Å². The van der Waals surface area contributed by atoms with Gasteiger partial charge in [0.05, 0.1) is 5.56 Å². The normalized spacial score (nSPS) is 9.89. The summed E-state index contributed by atoms with van der Waals surface area (Å²) in [6.45, 7) is 0.349. The van der Waals surface area contributed by atoms with Crippen LogP contribution in [0.1, 0.15) is 15.9 Å². The van der Waals surface area contributed by atoms with E-state index >= 15 is 0 Å². The van der Waals surface area contributed by atoms with Gasteiger partial charge in [-0.05, 0) is 29.1 Å². The Morgan fingerprint density at radius 3 is 2.68 bits per heavy atom. The minimum absolute atomic E-state index is 0.0871. The number of thiophene rings is 1. The van der Waals surface area contributed by atoms with Crippen LogP contribution >= 0.6 is 11.3 Å². The molecule has 2 amide bonds. The van der Waals surface area contributed by atoms with Crippen LogP contribution in [-0.2, 0) is 6.54 Å². The van der Waals surface area contributed by atoms with Crippen LogP contribution in [0.15, 0.2) is 36.0 Å². The highest BCUT2D eigenvalue weighted by Crippen LogP contribution is 2.22. The lowest BCUT2D eigenvalue weighted by Crippen LogP contribution is -2.28. The summed E-state index contributed by atoms with van der Waals surface area (Å²) in [4.78, 5) is 26.4. The molecule has 0 aliphatic carbocycles. The van der Waals surface area contributed by atoms with E-state index in [9.17, 15) is 9.59 Å². The average molecular weight is 277 g/mol. The van der Waals surface area contributed by atoms with Crippen LogP contribution < -0.4 is 10.6 Å². The maximum atomic E-state index is 11.6. The maximum absolute atomic E-state index is 11.6. The van der Waals surface area contributed by atoms with Crippen LogP contribution in [0.25, 0.3) is 0 Å². The number of urea groups is 1. The highest BCUT2D eigenvalue weighted by molar-refractivity contribution is 7.14. The van der Waals surface area contributed by atoms with Crippen LogP contribution in [0.3, 0.4) is 0 Å². The maximum Gasteiger partial charge on any atom is 0.338 e. The lowest BCUT2D eigenvalue weighted by molar-refractivity contribution is 0.0698. The molecule has 0 fully saturated rings. The van der Waals surface area contributed by atoms with Crippen molar-refractivity contribution in [2.75, 3.05) is 5.32 Å². The van der Waals surface area contributed by atoms with Gasteiger partial charge in [-0.1, -0.05) is 0 Å². The molecule has 2 heterocycles. The van der Waals surface area contributed by atoms with E-state index in [-0.39, 0.29) is 5.56 Å². The number of nitrogens with zero attached hydrogens (tertiary/aromatic N) is 1. The largest absolute Gasteiger partial charge is 0.478 e. The molecule has 0 aliphatic rings. The number of carbonyl (C=O) groups excluding carboxylic acids is 1. The smallest absolute Gasteiger partial charge is 0.338 e. The zero-order valence-electron chi connectivity index (χ0n) is 9.79. The molecule has 19 heavy (non-hydrogen) atoms. The summed E-state index contributed by atoms with van der Waals surface area (Å²) in [6, 6.07) is 4.58. The molecule has 2 aromatic heterocycles. The van der Waals surface area contributed by atoms with Gasteiger partial charge >= 0.3 is 12.0 Å². The van der Waals surface area contributed by atoms with Crippen molar-refractivity contribution in [2.45, 2.75) is 6.54 Å². The van der Waals surface area contributed by atoms with Crippen LogP contribution in [0.4, 0.5) is 9.80 Å². The van der Waals surface area contributed by atoms with Gasteiger partial charge in [0.25, 0.3) is 0 Å². The van der Waals surface area contributed by atoms with Crippen LogP contribution in [0, 0.1) is 0 Å². The minimum atomic E-state index is -1.06. The van der Waals surface area contributed by atoms with Gasteiger partial charge in [0.1, 0.15) is 5.00 Å². The summed E-state index contributed by atoms with van der Waals surface area (Å²) in [5.74, 6) is -1.06. The summed E-state index contributed by atoms with van der Waals surface area (Å²) in [7, 11) is 0. The van der Waals surface area contributed by atoms with Crippen LogP contribution in [0.2, 0.25) is 0 Å². The Bertz CT molecular complexity index is 583. The van der Waals surface area contributed by atoms with E-state index in [0.29, 0.717) is 11.5 Å². The number of carboxylic acids is 1. The number of amides is 2. The molecule has 0 aliphatic heterocycles. The number of carbonyl (C=O) groups is 2. The number of rotatable bonds is 4. The third kappa shape index (κ3) is 3.52. The molecule has 98 valence electrons. The molecule has 2 rings (SSSR count). The van der Waals surface area contributed by atoms with E-state index in [2.05, 4.69) is 15.6 Å². The quantitative estimate of drug-likeness (QED) is 0.798. The summed E-state index contributed by atoms with van der Waals surface area (Å²) in [5.41, 5.74) is 0.999. The van der Waals surface area contributed by atoms with E-state index in [1.807, 2.05) is 0 Å². The van der Waals surface area contributed by atoms with Gasteiger partial charge in [-0.2, -0.15) is 0 Å². The second-order valence-corrected chi connectivity index (χ2v) is 4.55. The van der Waals surface area contributed by atoms with E-state index in [4.69, 9.17) is 5.11 Å². The molecule has 0 unspecified atom stereocenters. The number of aromatic nitrogens is 1. The Balaban J connectivity index is 1.91. The Morgan fingerprint density at radius 1 is 1.26 bits per heavy atom. The predicted octanol–water partition coefficient (Wildman–Crippen LogP) is 2.16. The first-order chi connectivity index (χ1) is 9.16. The topological polar surface area (TPSA) is 91.3 Å². The van der Waals surface area contributed by atoms with Crippen molar-refractivity contribution in [3.63, 3.8) is 0 Å². The van der Waals surface area contributed by atoms with Gasteiger partial charge in [0.2, 0.25) is 0 Å². The van der Waals surface area contributed by atoms with E-state index < -0.39 is 12.0 Å². The summed E-state index contributed by atoms with van der Waals surface area (Å²) >= 11 is 1.17. The molecule has 0 saturated carbocycles. The third-order valence-corrected chi connectivity index (χ3v) is 3.15. The molecule has 0 bridgehead atoms. The standard InChI is InChI=1S/C12H11N3O3S/c16-11(17)9-3-6-19-10(9)15-12(18)14-7-8-1-4-13-5-2-8/h1-6H,7H2,(H,16,17)(H2,14,15,18). The van der Waals surface area contributed by atoms with Crippen molar-refractivity contribution in [2.24, 2.45) is 0 Å². The fraction of sp³-hybridized carbons (Fsp3) is 0.0833. The molecule has 3 N–H and O–H groups in total. The van der Waals surface area contributed by atoms with E-state index in [0.717, 1.165) is 5.56 Å². The van der Waals surface area contributed by atoms with Crippen LogP contribution in [0.5, 0.6) is 0 Å². The number of pyridine rings is 1. The molecule has 0 aromatic carbocycles. The molecule has 0 atom stereocenters. The lowest BCUT2D eigenvalue weighted by Gasteiger charge is -2.06. The fourth-order valence-corrected chi connectivity index (χ4v) is 2.18. The molecule has 0 radical (unpaired) electrons. The summed E-state index contributed by atoms with van der Waals surface area (Å²) < 4.78 is 0. The van der Waals surface area contributed by atoms with Gasteiger partial charge in [-0.25, -0.2) is 9.59 Å². The van der Waals surface area contributed by atoms with Crippen molar-refractivity contribution < 1.29 is 14.7 Å². The zero-order chi connectivity index (χ0) is 13.7. The zero-order valence-corrected chi connectivity index (χ0v) is 10.6. The Kier molecular flexibility index (Phi) is 4.09.